The fraction of sp³-hybridized carbons (Fsp3) is 0.375. The zero-order valence-electron chi connectivity index (χ0n) is 6.96. The van der Waals surface area contributed by atoms with E-state index in [1.54, 1.807) is 0 Å². The van der Waals surface area contributed by atoms with Gasteiger partial charge in [-0.15, -0.1) is 0 Å². The van der Waals surface area contributed by atoms with Crippen LogP contribution in [-0.2, 0) is 6.54 Å². The molecule has 60 valence electrons. The van der Waals surface area contributed by atoms with Crippen molar-refractivity contribution < 1.29 is 4.68 Å². The van der Waals surface area contributed by atoms with E-state index in [4.69, 9.17) is 0 Å². The van der Waals surface area contributed by atoms with Crippen LogP contribution in [0, 0.1) is 0 Å². The van der Waals surface area contributed by atoms with E-state index in [-0.39, 0.29) is 0 Å². The Morgan fingerprint density at radius 3 is 2.82 bits per heavy atom. The van der Waals surface area contributed by atoms with Gasteiger partial charge < -0.3 is 5.32 Å². The molecule has 0 aliphatic rings. The molecule has 11 heavy (non-hydrogen) atoms. The molecule has 0 fully saturated rings. The number of aromatic nitrogens is 1. The summed E-state index contributed by atoms with van der Waals surface area (Å²) in [6, 6.07) is 6.10. The zero-order valence-corrected chi connectivity index (χ0v) is 6.96. The fourth-order valence-electron chi connectivity index (χ4n) is 1.02. The van der Waals surface area contributed by atoms with Gasteiger partial charge in [-0.2, -0.15) is 5.43 Å². The third kappa shape index (κ3) is 1.91. The van der Waals surface area contributed by atoms with Crippen LogP contribution in [0.3, 0.4) is 0 Å². The average Bonchev–Trinajstić information content (AvgIpc) is 2.06. The molecule has 0 atom stereocenters. The van der Waals surface area contributed by atoms with Crippen molar-refractivity contribution in [1.82, 2.24) is 5.32 Å². The van der Waals surface area contributed by atoms with Crippen molar-refractivity contribution in [2.75, 3.05) is 19.5 Å². The van der Waals surface area contributed by atoms with Gasteiger partial charge in [0.05, 0.1) is 13.6 Å². The number of nitrogens with one attached hydrogen (secondary N) is 2. The van der Waals surface area contributed by atoms with Crippen LogP contribution in [0.2, 0.25) is 0 Å². The predicted octanol–water partition coefficient (Wildman–Crippen LogP) is -0.133. The summed E-state index contributed by atoms with van der Waals surface area (Å²) < 4.78 is 1.98. The Balaban J connectivity index is 2.83. The van der Waals surface area contributed by atoms with Gasteiger partial charge in [0.1, 0.15) is 0 Å². The van der Waals surface area contributed by atoms with Gasteiger partial charge in [-0.1, -0.05) is 4.68 Å². The Morgan fingerprint density at radius 2 is 2.18 bits per heavy atom. The van der Waals surface area contributed by atoms with Crippen molar-refractivity contribution in [2.24, 2.45) is 0 Å². The third-order valence-electron chi connectivity index (χ3n) is 1.54. The fourth-order valence-corrected chi connectivity index (χ4v) is 1.02. The first-order valence-electron chi connectivity index (χ1n) is 3.70. The van der Waals surface area contributed by atoms with Crippen LogP contribution in [0.5, 0.6) is 0 Å². The van der Waals surface area contributed by atoms with Crippen LogP contribution in [0.15, 0.2) is 24.4 Å². The van der Waals surface area contributed by atoms with Gasteiger partial charge in [-0.3, -0.25) is 0 Å². The highest BCUT2D eigenvalue weighted by Crippen LogP contribution is 1.87. The maximum absolute atomic E-state index is 3.10. The molecule has 0 bridgehead atoms. The van der Waals surface area contributed by atoms with Crippen molar-refractivity contribution >= 4 is 0 Å². The summed E-state index contributed by atoms with van der Waals surface area (Å²) in [5.74, 6) is 0. The molecular formula is C8H14N3+. The molecule has 1 aromatic heterocycles. The van der Waals surface area contributed by atoms with Crippen LogP contribution in [0.4, 0.5) is 0 Å². The highest BCUT2D eigenvalue weighted by atomic mass is 15.4. The third-order valence-corrected chi connectivity index (χ3v) is 1.54. The Bertz CT molecular complexity index is 222. The van der Waals surface area contributed by atoms with E-state index in [9.17, 15) is 0 Å². The lowest BCUT2D eigenvalue weighted by Gasteiger charge is -1.99. The number of rotatable bonds is 3. The molecule has 0 saturated carbocycles. The second kappa shape index (κ2) is 3.93. The molecule has 0 unspecified atom stereocenters. The topological polar surface area (TPSA) is 27.9 Å². The molecule has 0 aliphatic heterocycles. The van der Waals surface area contributed by atoms with E-state index in [0.717, 1.165) is 6.54 Å². The summed E-state index contributed by atoms with van der Waals surface area (Å²) >= 11 is 0. The van der Waals surface area contributed by atoms with Gasteiger partial charge in [0.25, 0.3) is 0 Å². The summed E-state index contributed by atoms with van der Waals surface area (Å²) in [6.07, 6.45) is 1.99. The number of hydrogen-bond acceptors (Lipinski definition) is 2. The molecular weight excluding hydrogens is 138 g/mol. The Morgan fingerprint density at radius 1 is 1.36 bits per heavy atom. The van der Waals surface area contributed by atoms with E-state index in [0.29, 0.717) is 0 Å². The van der Waals surface area contributed by atoms with Crippen LogP contribution < -0.4 is 15.4 Å². The van der Waals surface area contributed by atoms with Gasteiger partial charge in [0.2, 0.25) is 5.69 Å². The predicted molar refractivity (Wildman–Crippen MR) is 44.7 cm³/mol. The molecule has 1 rings (SSSR count). The molecule has 0 saturated heterocycles. The second-order valence-electron chi connectivity index (χ2n) is 2.32. The summed E-state index contributed by atoms with van der Waals surface area (Å²) in [6.45, 7) is 0.877. The minimum absolute atomic E-state index is 0.877. The average molecular weight is 152 g/mol. The Hall–Kier alpha value is -1.09. The minimum Gasteiger partial charge on any atom is -0.310 e. The Labute approximate surface area is 67.0 Å². The number of hydrogen-bond donors (Lipinski definition) is 2. The van der Waals surface area contributed by atoms with E-state index < -0.39 is 0 Å². The van der Waals surface area contributed by atoms with Gasteiger partial charge in [0.15, 0.2) is 6.20 Å². The van der Waals surface area contributed by atoms with Crippen molar-refractivity contribution in [3.63, 3.8) is 0 Å². The maximum Gasteiger partial charge on any atom is 0.225 e. The molecule has 0 aliphatic carbocycles. The summed E-state index contributed by atoms with van der Waals surface area (Å²) in [5.41, 5.74) is 4.28. The largest absolute Gasteiger partial charge is 0.310 e. The lowest BCUT2D eigenvalue weighted by Crippen LogP contribution is -2.47. The molecule has 3 heteroatoms. The van der Waals surface area contributed by atoms with Gasteiger partial charge in [-0.05, 0) is 13.1 Å². The zero-order chi connectivity index (χ0) is 8.10. The van der Waals surface area contributed by atoms with E-state index in [1.807, 2.05) is 37.1 Å². The summed E-state index contributed by atoms with van der Waals surface area (Å²) in [7, 11) is 3.84. The van der Waals surface area contributed by atoms with Crippen molar-refractivity contribution in [3.05, 3.63) is 30.1 Å². The lowest BCUT2D eigenvalue weighted by molar-refractivity contribution is -0.655. The van der Waals surface area contributed by atoms with Crippen LogP contribution in [0.1, 0.15) is 5.69 Å². The van der Waals surface area contributed by atoms with Crippen molar-refractivity contribution in [3.8, 4) is 0 Å². The first-order chi connectivity index (χ1) is 5.38. The molecule has 2 N–H and O–H groups in total. The first-order valence-corrected chi connectivity index (χ1v) is 3.70. The molecule has 0 spiro atoms. The highest BCUT2D eigenvalue weighted by Gasteiger charge is 2.04. The molecule has 0 aromatic carbocycles. The van der Waals surface area contributed by atoms with Gasteiger partial charge >= 0.3 is 0 Å². The minimum atomic E-state index is 0.877. The monoisotopic (exact) mass is 152 g/mol. The van der Waals surface area contributed by atoms with Crippen LogP contribution in [0.25, 0.3) is 0 Å². The van der Waals surface area contributed by atoms with E-state index >= 15 is 0 Å². The van der Waals surface area contributed by atoms with Gasteiger partial charge in [-0.25, -0.2) is 0 Å². The summed E-state index contributed by atoms with van der Waals surface area (Å²) in [5, 5.41) is 3.10. The van der Waals surface area contributed by atoms with Crippen LogP contribution in [-0.4, -0.2) is 14.1 Å². The number of nitrogens with zero attached hydrogens (tertiary/aromatic N) is 1. The quantitative estimate of drug-likeness (QED) is 0.590. The van der Waals surface area contributed by atoms with Gasteiger partial charge in [0, 0.05) is 12.1 Å². The highest BCUT2D eigenvalue weighted by molar-refractivity contribution is 4.96. The lowest BCUT2D eigenvalue weighted by atomic mass is 10.3. The summed E-state index contributed by atoms with van der Waals surface area (Å²) in [4.78, 5) is 0. The molecule has 3 nitrogen and oxygen atoms in total. The van der Waals surface area contributed by atoms with Crippen molar-refractivity contribution in [1.29, 1.82) is 0 Å². The van der Waals surface area contributed by atoms with Crippen LogP contribution >= 0.6 is 0 Å². The van der Waals surface area contributed by atoms with E-state index in [1.165, 1.54) is 5.69 Å². The first kappa shape index (κ1) is 8.01. The molecule has 1 aromatic rings. The maximum atomic E-state index is 3.10. The Kier molecular flexibility index (Phi) is 2.86. The SMILES string of the molecule is CNCc1cccc[n+]1NC. The standard InChI is InChI=1S/C8H14N3/c1-9-7-8-5-3-4-6-11(8)10-2/h3-6,9-10H,7H2,1-2H3/q+1. The number of pyridine rings is 1. The smallest absolute Gasteiger partial charge is 0.225 e. The molecule has 0 amide bonds. The van der Waals surface area contributed by atoms with Crippen molar-refractivity contribution in [2.45, 2.75) is 6.54 Å². The second-order valence-corrected chi connectivity index (χ2v) is 2.32. The normalized spacial score (nSPS) is 9.64. The van der Waals surface area contributed by atoms with E-state index in [2.05, 4.69) is 16.8 Å². The molecule has 1 heterocycles. The molecule has 0 radical (unpaired) electrons.